The fourth-order valence-electron chi connectivity index (χ4n) is 2.89. The zero-order valence-electron chi connectivity index (χ0n) is 13.6. The Labute approximate surface area is 141 Å². The van der Waals surface area contributed by atoms with E-state index in [0.29, 0.717) is 5.69 Å². The van der Waals surface area contributed by atoms with Crippen LogP contribution in [0.15, 0.2) is 48.5 Å². The van der Waals surface area contributed by atoms with E-state index in [2.05, 4.69) is 15.5 Å². The quantitative estimate of drug-likeness (QED) is 0.876. The van der Waals surface area contributed by atoms with Crippen molar-refractivity contribution in [3.8, 4) is 0 Å². The highest BCUT2D eigenvalue weighted by atomic mass is 19.1. The van der Waals surface area contributed by atoms with Gasteiger partial charge >= 0.3 is 0 Å². The number of piperidine rings is 1. The van der Waals surface area contributed by atoms with Gasteiger partial charge in [0.05, 0.1) is 6.54 Å². The third-order valence-electron chi connectivity index (χ3n) is 4.15. The molecule has 1 aliphatic heterocycles. The van der Waals surface area contributed by atoms with Gasteiger partial charge in [0.2, 0.25) is 5.91 Å². The van der Waals surface area contributed by atoms with Crippen molar-refractivity contribution in [3.63, 3.8) is 0 Å². The van der Waals surface area contributed by atoms with E-state index in [4.69, 9.17) is 0 Å². The van der Waals surface area contributed by atoms with Crippen LogP contribution in [0.25, 0.3) is 0 Å². The Morgan fingerprint density at radius 1 is 1.00 bits per heavy atom. The summed E-state index contributed by atoms with van der Waals surface area (Å²) in [5, 5.41) is 5.75. The largest absolute Gasteiger partial charge is 0.376 e. The van der Waals surface area contributed by atoms with Gasteiger partial charge in [-0.3, -0.25) is 4.79 Å². The average molecular weight is 327 g/mol. The normalized spacial score (nSPS) is 14.3. The standard InChI is InChI=1S/C19H22FN3O/c20-15-5-4-6-17(13-15)21-14-19(24)22-16-7-9-18(10-8-16)23-11-2-1-3-12-23/h4-10,13,21H,1-3,11-12,14H2,(H,22,24). The molecule has 2 N–H and O–H groups in total. The van der Waals surface area contributed by atoms with Crippen LogP contribution < -0.4 is 15.5 Å². The second-order valence-electron chi connectivity index (χ2n) is 6.01. The number of hydrogen-bond acceptors (Lipinski definition) is 3. The molecule has 0 aliphatic carbocycles. The first-order valence-corrected chi connectivity index (χ1v) is 8.35. The molecule has 0 atom stereocenters. The summed E-state index contributed by atoms with van der Waals surface area (Å²) in [4.78, 5) is 14.4. The molecule has 1 amide bonds. The molecule has 1 saturated heterocycles. The zero-order valence-corrected chi connectivity index (χ0v) is 13.6. The molecule has 4 nitrogen and oxygen atoms in total. The lowest BCUT2D eigenvalue weighted by Crippen LogP contribution is -2.29. The second-order valence-corrected chi connectivity index (χ2v) is 6.01. The molecule has 1 heterocycles. The van der Waals surface area contributed by atoms with Crippen LogP contribution >= 0.6 is 0 Å². The Morgan fingerprint density at radius 3 is 2.46 bits per heavy atom. The average Bonchev–Trinajstić information content (AvgIpc) is 2.61. The zero-order chi connectivity index (χ0) is 16.8. The van der Waals surface area contributed by atoms with E-state index in [1.165, 1.54) is 37.1 Å². The predicted octanol–water partition coefficient (Wildman–Crippen LogP) is 3.87. The molecule has 0 aromatic heterocycles. The molecule has 0 bridgehead atoms. The van der Waals surface area contributed by atoms with E-state index in [1.54, 1.807) is 12.1 Å². The van der Waals surface area contributed by atoms with Gasteiger partial charge in [-0.2, -0.15) is 0 Å². The van der Waals surface area contributed by atoms with Gasteiger partial charge < -0.3 is 15.5 Å². The predicted molar refractivity (Wildman–Crippen MR) is 96.0 cm³/mol. The minimum absolute atomic E-state index is 0.0946. The maximum absolute atomic E-state index is 13.1. The molecule has 3 rings (SSSR count). The number of halogens is 1. The topological polar surface area (TPSA) is 44.4 Å². The molecule has 0 unspecified atom stereocenters. The monoisotopic (exact) mass is 327 g/mol. The lowest BCUT2D eigenvalue weighted by atomic mass is 10.1. The summed E-state index contributed by atoms with van der Waals surface area (Å²) >= 11 is 0. The summed E-state index contributed by atoms with van der Waals surface area (Å²) in [5.41, 5.74) is 2.55. The van der Waals surface area contributed by atoms with Crippen molar-refractivity contribution in [2.24, 2.45) is 0 Å². The molecule has 2 aromatic carbocycles. The highest BCUT2D eigenvalue weighted by Gasteiger charge is 2.10. The number of amides is 1. The highest BCUT2D eigenvalue weighted by Crippen LogP contribution is 2.21. The van der Waals surface area contributed by atoms with Gasteiger partial charge in [0.1, 0.15) is 5.82 Å². The van der Waals surface area contributed by atoms with Crippen LogP contribution in [0.5, 0.6) is 0 Å². The smallest absolute Gasteiger partial charge is 0.243 e. The van der Waals surface area contributed by atoms with Crippen LogP contribution in [0.1, 0.15) is 19.3 Å². The van der Waals surface area contributed by atoms with Gasteiger partial charge in [-0.1, -0.05) is 6.07 Å². The lowest BCUT2D eigenvalue weighted by Gasteiger charge is -2.28. The molecule has 2 aromatic rings. The van der Waals surface area contributed by atoms with Crippen LogP contribution in [0.2, 0.25) is 0 Å². The molecule has 24 heavy (non-hydrogen) atoms. The van der Waals surface area contributed by atoms with Gasteiger partial charge in [0.15, 0.2) is 0 Å². The molecule has 0 saturated carbocycles. The number of rotatable bonds is 5. The molecular weight excluding hydrogens is 305 g/mol. The summed E-state index contributed by atoms with van der Waals surface area (Å²) in [6.45, 7) is 2.30. The van der Waals surface area contributed by atoms with E-state index < -0.39 is 0 Å². The third-order valence-corrected chi connectivity index (χ3v) is 4.15. The van der Waals surface area contributed by atoms with E-state index in [1.807, 2.05) is 24.3 Å². The van der Waals surface area contributed by atoms with Crippen LogP contribution in [0, 0.1) is 5.82 Å². The Balaban J connectivity index is 1.50. The number of nitrogens with zero attached hydrogens (tertiary/aromatic N) is 1. The third kappa shape index (κ3) is 4.47. The Hall–Kier alpha value is -2.56. The van der Waals surface area contributed by atoms with Crippen LogP contribution in [-0.4, -0.2) is 25.5 Å². The fraction of sp³-hybridized carbons (Fsp3) is 0.316. The number of benzene rings is 2. The van der Waals surface area contributed by atoms with Crippen molar-refractivity contribution in [1.29, 1.82) is 0 Å². The molecule has 1 aliphatic rings. The molecule has 5 heteroatoms. The minimum Gasteiger partial charge on any atom is -0.376 e. The summed E-state index contributed by atoms with van der Waals surface area (Å²) < 4.78 is 13.1. The summed E-state index contributed by atoms with van der Waals surface area (Å²) in [5.74, 6) is -0.487. The van der Waals surface area contributed by atoms with Crippen LogP contribution in [0.4, 0.5) is 21.5 Å². The fourth-order valence-corrected chi connectivity index (χ4v) is 2.89. The Kier molecular flexibility index (Phi) is 5.31. The van der Waals surface area contributed by atoms with E-state index in [9.17, 15) is 9.18 Å². The van der Waals surface area contributed by atoms with Gasteiger partial charge in [-0.25, -0.2) is 4.39 Å². The number of anilines is 3. The van der Waals surface area contributed by atoms with Crippen molar-refractivity contribution < 1.29 is 9.18 Å². The molecule has 126 valence electrons. The maximum atomic E-state index is 13.1. The SMILES string of the molecule is O=C(CNc1cccc(F)c1)Nc1ccc(N2CCCCC2)cc1. The minimum atomic E-state index is -0.325. The molecule has 0 spiro atoms. The Morgan fingerprint density at radius 2 is 1.75 bits per heavy atom. The Bertz CT molecular complexity index is 681. The first kappa shape index (κ1) is 16.3. The maximum Gasteiger partial charge on any atom is 0.243 e. The first-order valence-electron chi connectivity index (χ1n) is 8.35. The van der Waals surface area contributed by atoms with Gasteiger partial charge in [0.25, 0.3) is 0 Å². The molecular formula is C19H22FN3O. The van der Waals surface area contributed by atoms with E-state index >= 15 is 0 Å². The van der Waals surface area contributed by atoms with Crippen molar-refractivity contribution in [2.75, 3.05) is 35.2 Å². The molecule has 0 radical (unpaired) electrons. The van der Waals surface area contributed by atoms with Crippen LogP contribution in [-0.2, 0) is 4.79 Å². The van der Waals surface area contributed by atoms with E-state index in [-0.39, 0.29) is 18.3 Å². The number of carbonyl (C=O) groups is 1. The number of hydrogen-bond donors (Lipinski definition) is 2. The van der Waals surface area contributed by atoms with E-state index in [0.717, 1.165) is 18.8 Å². The van der Waals surface area contributed by atoms with Gasteiger partial charge in [-0.15, -0.1) is 0 Å². The van der Waals surface area contributed by atoms with Crippen molar-refractivity contribution >= 4 is 23.0 Å². The summed E-state index contributed by atoms with van der Waals surface area (Å²) in [6, 6.07) is 14.0. The van der Waals surface area contributed by atoms with Gasteiger partial charge in [0, 0.05) is 30.2 Å². The van der Waals surface area contributed by atoms with Crippen molar-refractivity contribution in [1.82, 2.24) is 0 Å². The molecule has 1 fully saturated rings. The highest BCUT2D eigenvalue weighted by molar-refractivity contribution is 5.93. The van der Waals surface area contributed by atoms with Gasteiger partial charge in [-0.05, 0) is 61.7 Å². The number of carbonyl (C=O) groups excluding carboxylic acids is 1. The summed E-state index contributed by atoms with van der Waals surface area (Å²) in [6.07, 6.45) is 3.79. The summed E-state index contributed by atoms with van der Waals surface area (Å²) in [7, 11) is 0. The van der Waals surface area contributed by atoms with Crippen molar-refractivity contribution in [3.05, 3.63) is 54.3 Å². The van der Waals surface area contributed by atoms with Crippen molar-refractivity contribution in [2.45, 2.75) is 19.3 Å². The van der Waals surface area contributed by atoms with Crippen LogP contribution in [0.3, 0.4) is 0 Å². The first-order chi connectivity index (χ1) is 11.7. The lowest BCUT2D eigenvalue weighted by molar-refractivity contribution is -0.114. The number of nitrogens with one attached hydrogen (secondary N) is 2. The second kappa shape index (κ2) is 7.81.